The van der Waals surface area contributed by atoms with E-state index >= 15 is 0 Å². The van der Waals surface area contributed by atoms with E-state index in [0.29, 0.717) is 0 Å². The lowest BCUT2D eigenvalue weighted by Gasteiger charge is -2.21. The van der Waals surface area contributed by atoms with Crippen LogP contribution in [0.5, 0.6) is 0 Å². The lowest BCUT2D eigenvalue weighted by Crippen LogP contribution is -2.21. The maximum absolute atomic E-state index is 12.0. The van der Waals surface area contributed by atoms with E-state index in [1.54, 1.807) is 0 Å². The average Bonchev–Trinajstić information content (AvgIpc) is 2.29. The van der Waals surface area contributed by atoms with Gasteiger partial charge in [-0.05, 0) is 24.8 Å². The molecule has 15 heavy (non-hydrogen) atoms. The Kier molecular flexibility index (Phi) is 3.22. The molecule has 0 N–H and O–H groups in total. The molecule has 0 radical (unpaired) electrons. The van der Waals surface area contributed by atoms with Gasteiger partial charge in [0.25, 0.3) is 0 Å². The molecule has 0 bridgehead atoms. The number of carbonyl (C=O) groups is 1. The standard InChI is InChI=1S/C13H13ClO/c14-9-3-5-11-8-7-10-4-1-2-6-12(10)13(11)15/h1-4,6,9,11H,5,7-8H2/b9-3+. The summed E-state index contributed by atoms with van der Waals surface area (Å²) in [7, 11) is 0. The number of rotatable bonds is 2. The van der Waals surface area contributed by atoms with Crippen LogP contribution in [0, 0.1) is 5.92 Å². The molecule has 1 atom stereocenters. The number of aryl methyl sites for hydroxylation is 1. The number of halogens is 1. The van der Waals surface area contributed by atoms with E-state index in [1.807, 2.05) is 30.3 Å². The molecule has 0 aromatic heterocycles. The van der Waals surface area contributed by atoms with Gasteiger partial charge < -0.3 is 0 Å². The van der Waals surface area contributed by atoms with Crippen molar-refractivity contribution in [2.45, 2.75) is 19.3 Å². The van der Waals surface area contributed by atoms with Crippen molar-refractivity contribution in [3.8, 4) is 0 Å². The van der Waals surface area contributed by atoms with Crippen LogP contribution in [0.2, 0.25) is 0 Å². The van der Waals surface area contributed by atoms with Crippen molar-refractivity contribution >= 4 is 17.4 Å². The van der Waals surface area contributed by atoms with Crippen LogP contribution in [-0.4, -0.2) is 5.78 Å². The number of ketones is 1. The molecule has 1 aromatic rings. The Morgan fingerprint density at radius 2 is 2.20 bits per heavy atom. The van der Waals surface area contributed by atoms with Gasteiger partial charge in [-0.25, -0.2) is 0 Å². The minimum atomic E-state index is 0.120. The Hall–Kier alpha value is -1.08. The van der Waals surface area contributed by atoms with Gasteiger partial charge in [-0.3, -0.25) is 4.79 Å². The average molecular weight is 221 g/mol. The van der Waals surface area contributed by atoms with Crippen molar-refractivity contribution in [1.29, 1.82) is 0 Å². The van der Waals surface area contributed by atoms with Gasteiger partial charge in [0, 0.05) is 17.0 Å². The molecule has 0 fully saturated rings. The second-order valence-corrected chi connectivity index (χ2v) is 4.11. The van der Waals surface area contributed by atoms with Gasteiger partial charge in [-0.1, -0.05) is 41.9 Å². The van der Waals surface area contributed by atoms with E-state index in [2.05, 4.69) is 0 Å². The Balaban J connectivity index is 2.22. The highest BCUT2D eigenvalue weighted by Gasteiger charge is 2.25. The van der Waals surface area contributed by atoms with E-state index in [-0.39, 0.29) is 11.7 Å². The second kappa shape index (κ2) is 4.63. The predicted molar refractivity (Wildman–Crippen MR) is 62.2 cm³/mol. The SMILES string of the molecule is O=C1c2ccccc2CCC1C/C=C/Cl. The summed E-state index contributed by atoms with van der Waals surface area (Å²) in [6.45, 7) is 0. The van der Waals surface area contributed by atoms with Crippen LogP contribution in [-0.2, 0) is 6.42 Å². The molecule has 0 aliphatic heterocycles. The lowest BCUT2D eigenvalue weighted by molar-refractivity contribution is 0.0903. The first-order chi connectivity index (χ1) is 7.33. The summed E-state index contributed by atoms with van der Waals surface area (Å²) in [5.74, 6) is 0.390. The highest BCUT2D eigenvalue weighted by atomic mass is 35.5. The molecule has 1 aromatic carbocycles. The summed E-state index contributed by atoms with van der Waals surface area (Å²) < 4.78 is 0. The van der Waals surface area contributed by atoms with Crippen LogP contribution >= 0.6 is 11.6 Å². The number of hydrogen-bond acceptors (Lipinski definition) is 1. The monoisotopic (exact) mass is 220 g/mol. The van der Waals surface area contributed by atoms with E-state index < -0.39 is 0 Å². The summed E-state index contributed by atoms with van der Waals surface area (Å²) in [5, 5.41) is 0. The second-order valence-electron chi connectivity index (χ2n) is 3.85. The molecule has 0 amide bonds. The van der Waals surface area contributed by atoms with E-state index in [9.17, 15) is 4.79 Å². The summed E-state index contributed by atoms with van der Waals surface area (Å²) in [6.07, 6.45) is 4.56. The molecule has 1 aliphatic rings. The Morgan fingerprint density at radius 3 is 3.00 bits per heavy atom. The molecule has 78 valence electrons. The molecule has 0 heterocycles. The van der Waals surface area contributed by atoms with Gasteiger partial charge in [0.15, 0.2) is 5.78 Å². The number of hydrogen-bond donors (Lipinski definition) is 0. The van der Waals surface area contributed by atoms with Crippen LogP contribution < -0.4 is 0 Å². The van der Waals surface area contributed by atoms with E-state index in [1.165, 1.54) is 11.1 Å². The summed E-state index contributed by atoms with van der Waals surface area (Å²) >= 11 is 5.48. The maximum Gasteiger partial charge on any atom is 0.166 e. The third kappa shape index (κ3) is 2.13. The van der Waals surface area contributed by atoms with Gasteiger partial charge in [0.1, 0.15) is 0 Å². The summed E-state index contributed by atoms with van der Waals surface area (Å²) in [4.78, 5) is 12.0. The van der Waals surface area contributed by atoms with Crippen molar-refractivity contribution in [3.63, 3.8) is 0 Å². The number of Topliss-reactive ketones (excluding diaryl/α,β-unsaturated/α-hetero) is 1. The van der Waals surface area contributed by atoms with Gasteiger partial charge in [-0.15, -0.1) is 0 Å². The van der Waals surface area contributed by atoms with Gasteiger partial charge in [-0.2, -0.15) is 0 Å². The smallest absolute Gasteiger partial charge is 0.166 e. The Labute approximate surface area is 94.8 Å². The van der Waals surface area contributed by atoms with Gasteiger partial charge in [0.2, 0.25) is 0 Å². The van der Waals surface area contributed by atoms with Crippen LogP contribution in [0.4, 0.5) is 0 Å². The fourth-order valence-electron chi connectivity index (χ4n) is 2.10. The first kappa shape index (κ1) is 10.4. The highest BCUT2D eigenvalue weighted by Crippen LogP contribution is 2.27. The van der Waals surface area contributed by atoms with Crippen LogP contribution in [0.3, 0.4) is 0 Å². The number of allylic oxidation sites excluding steroid dienone is 1. The van der Waals surface area contributed by atoms with Gasteiger partial charge in [0.05, 0.1) is 0 Å². The highest BCUT2D eigenvalue weighted by molar-refractivity contribution is 6.25. The molecule has 2 heteroatoms. The number of carbonyl (C=O) groups excluding carboxylic acids is 1. The van der Waals surface area contributed by atoms with Crippen molar-refractivity contribution < 1.29 is 4.79 Å². The molecule has 1 nitrogen and oxygen atoms in total. The molecule has 1 aliphatic carbocycles. The molecular weight excluding hydrogens is 208 g/mol. The predicted octanol–water partition coefficient (Wildman–Crippen LogP) is 3.57. The summed E-state index contributed by atoms with van der Waals surface area (Å²) in [5.41, 5.74) is 3.58. The molecule has 0 spiro atoms. The fourth-order valence-corrected chi connectivity index (χ4v) is 2.20. The topological polar surface area (TPSA) is 17.1 Å². The van der Waals surface area contributed by atoms with Crippen molar-refractivity contribution in [1.82, 2.24) is 0 Å². The minimum Gasteiger partial charge on any atom is -0.294 e. The molecule has 0 saturated carbocycles. The van der Waals surface area contributed by atoms with Gasteiger partial charge >= 0.3 is 0 Å². The zero-order chi connectivity index (χ0) is 10.7. The molecule has 2 rings (SSSR count). The zero-order valence-corrected chi connectivity index (χ0v) is 9.20. The number of fused-ring (bicyclic) bond motifs is 1. The molecular formula is C13H13ClO. The Bertz CT molecular complexity index is 395. The maximum atomic E-state index is 12.0. The molecule has 1 unspecified atom stereocenters. The van der Waals surface area contributed by atoms with Crippen LogP contribution in [0.15, 0.2) is 35.9 Å². The van der Waals surface area contributed by atoms with Crippen molar-refractivity contribution in [2.75, 3.05) is 0 Å². The Morgan fingerprint density at radius 1 is 1.40 bits per heavy atom. The van der Waals surface area contributed by atoms with Crippen LogP contribution in [0.25, 0.3) is 0 Å². The third-order valence-corrected chi connectivity index (χ3v) is 3.10. The molecule has 0 saturated heterocycles. The summed E-state index contributed by atoms with van der Waals surface area (Å²) in [6, 6.07) is 7.89. The first-order valence-electron chi connectivity index (χ1n) is 5.20. The van der Waals surface area contributed by atoms with Crippen LogP contribution in [0.1, 0.15) is 28.8 Å². The normalized spacial score (nSPS) is 20.6. The number of benzene rings is 1. The largest absolute Gasteiger partial charge is 0.294 e. The zero-order valence-electron chi connectivity index (χ0n) is 8.45. The quantitative estimate of drug-likeness (QED) is 0.745. The van der Waals surface area contributed by atoms with E-state index in [4.69, 9.17) is 11.6 Å². The first-order valence-corrected chi connectivity index (χ1v) is 5.64. The minimum absolute atomic E-state index is 0.120. The third-order valence-electron chi connectivity index (χ3n) is 2.93. The lowest BCUT2D eigenvalue weighted by atomic mass is 9.81. The van der Waals surface area contributed by atoms with Crippen molar-refractivity contribution in [2.24, 2.45) is 5.92 Å². The van der Waals surface area contributed by atoms with E-state index in [0.717, 1.165) is 24.8 Å². The van der Waals surface area contributed by atoms with Crippen molar-refractivity contribution in [3.05, 3.63) is 47.0 Å². The fraction of sp³-hybridized carbons (Fsp3) is 0.308.